The summed E-state index contributed by atoms with van der Waals surface area (Å²) in [4.78, 5) is 4.33. The summed E-state index contributed by atoms with van der Waals surface area (Å²) in [5.41, 5.74) is 2.51. The van der Waals surface area contributed by atoms with E-state index in [1.165, 1.54) is 0 Å². The predicted octanol–water partition coefficient (Wildman–Crippen LogP) is 2.56. The van der Waals surface area contributed by atoms with Crippen LogP contribution in [0.1, 0.15) is 29.7 Å². The van der Waals surface area contributed by atoms with Crippen LogP contribution in [0.3, 0.4) is 0 Å². The van der Waals surface area contributed by atoms with Crippen molar-refractivity contribution in [2.75, 3.05) is 7.11 Å². The zero-order valence-corrected chi connectivity index (χ0v) is 9.58. The summed E-state index contributed by atoms with van der Waals surface area (Å²) >= 11 is 0. The van der Waals surface area contributed by atoms with E-state index in [1.54, 1.807) is 13.3 Å². The number of methoxy groups -OCH3 is 1. The Balaban J connectivity index is 2.38. The Morgan fingerprint density at radius 1 is 1.62 bits per heavy atom. The normalized spacial score (nSPS) is 16.3. The Morgan fingerprint density at radius 3 is 2.75 bits per heavy atom. The van der Waals surface area contributed by atoms with Gasteiger partial charge in [-0.25, -0.2) is 0 Å². The number of hydrogen-bond acceptors (Lipinski definition) is 3. The minimum atomic E-state index is -0.273. The van der Waals surface area contributed by atoms with Crippen LogP contribution in [0.4, 0.5) is 0 Å². The second kappa shape index (κ2) is 3.64. The number of hydrogen-bond donors (Lipinski definition) is 0. The van der Waals surface area contributed by atoms with Crippen LogP contribution in [0, 0.1) is 18.3 Å². The lowest BCUT2D eigenvalue weighted by atomic mass is 9.97. The molecule has 82 valence electrons. The third-order valence-corrected chi connectivity index (χ3v) is 3.11. The van der Waals surface area contributed by atoms with Crippen molar-refractivity contribution in [2.45, 2.75) is 25.2 Å². The Morgan fingerprint density at radius 2 is 2.31 bits per heavy atom. The van der Waals surface area contributed by atoms with Crippen molar-refractivity contribution in [2.24, 2.45) is 0 Å². The summed E-state index contributed by atoms with van der Waals surface area (Å²) < 4.78 is 5.06. The fourth-order valence-corrected chi connectivity index (χ4v) is 1.82. The van der Waals surface area contributed by atoms with Gasteiger partial charge in [-0.1, -0.05) is 12.6 Å². The molecule has 0 spiro atoms. The van der Waals surface area contributed by atoms with Crippen molar-refractivity contribution in [3.63, 3.8) is 0 Å². The molecule has 1 aliphatic rings. The monoisotopic (exact) mass is 214 g/mol. The van der Waals surface area contributed by atoms with E-state index in [0.29, 0.717) is 5.76 Å². The van der Waals surface area contributed by atoms with Gasteiger partial charge in [0, 0.05) is 6.20 Å². The van der Waals surface area contributed by atoms with Crippen LogP contribution in [0.2, 0.25) is 0 Å². The first-order valence-corrected chi connectivity index (χ1v) is 5.24. The Kier molecular flexibility index (Phi) is 2.43. The van der Waals surface area contributed by atoms with Gasteiger partial charge in [0.25, 0.3) is 0 Å². The van der Waals surface area contributed by atoms with Crippen molar-refractivity contribution in [1.82, 2.24) is 4.98 Å². The van der Waals surface area contributed by atoms with Crippen molar-refractivity contribution in [1.29, 1.82) is 5.26 Å². The lowest BCUT2D eigenvalue weighted by Crippen LogP contribution is -2.05. The molecule has 3 nitrogen and oxygen atoms in total. The molecular formula is C13H14N2O. The Bertz CT molecular complexity index is 481. The van der Waals surface area contributed by atoms with Gasteiger partial charge in [0.05, 0.1) is 18.6 Å². The molecule has 1 fully saturated rings. The molecule has 1 aliphatic carbocycles. The standard InChI is InChI=1S/C13H14N2O/c1-9-6-11(13(8-14)4-5-13)7-15-12(9)10(2)16-3/h6-7H,2,4-5H2,1,3H3. The summed E-state index contributed by atoms with van der Waals surface area (Å²) in [5.74, 6) is 0.561. The number of pyridine rings is 1. The first-order chi connectivity index (χ1) is 7.63. The number of ether oxygens (including phenoxy) is 1. The van der Waals surface area contributed by atoms with Crippen molar-refractivity contribution >= 4 is 5.76 Å². The van der Waals surface area contributed by atoms with Crippen LogP contribution in [-0.2, 0) is 10.2 Å². The van der Waals surface area contributed by atoms with Crippen molar-refractivity contribution in [3.8, 4) is 6.07 Å². The van der Waals surface area contributed by atoms with E-state index < -0.39 is 0 Å². The summed E-state index contributed by atoms with van der Waals surface area (Å²) in [6.07, 6.45) is 3.65. The zero-order valence-electron chi connectivity index (χ0n) is 9.58. The molecule has 0 aliphatic heterocycles. The maximum atomic E-state index is 9.11. The average Bonchev–Trinajstić information content (AvgIpc) is 3.09. The second-order valence-electron chi connectivity index (χ2n) is 4.21. The summed E-state index contributed by atoms with van der Waals surface area (Å²) in [6.45, 7) is 5.74. The van der Waals surface area contributed by atoms with Gasteiger partial charge in [0.15, 0.2) is 0 Å². The first kappa shape index (κ1) is 10.7. The molecule has 0 atom stereocenters. The van der Waals surface area contributed by atoms with Gasteiger partial charge in [0.1, 0.15) is 11.5 Å². The highest BCUT2D eigenvalue weighted by Crippen LogP contribution is 2.47. The number of aryl methyl sites for hydroxylation is 1. The molecule has 1 aromatic heterocycles. The van der Waals surface area contributed by atoms with E-state index in [0.717, 1.165) is 29.7 Å². The van der Waals surface area contributed by atoms with E-state index in [9.17, 15) is 0 Å². The molecular weight excluding hydrogens is 200 g/mol. The molecule has 0 saturated heterocycles. The van der Waals surface area contributed by atoms with Crippen LogP contribution in [0.25, 0.3) is 5.76 Å². The van der Waals surface area contributed by atoms with Crippen LogP contribution in [0.5, 0.6) is 0 Å². The molecule has 1 aromatic rings. The smallest absolute Gasteiger partial charge is 0.137 e. The molecule has 0 bridgehead atoms. The highest BCUT2D eigenvalue weighted by molar-refractivity contribution is 5.58. The predicted molar refractivity (Wildman–Crippen MR) is 61.5 cm³/mol. The summed E-state index contributed by atoms with van der Waals surface area (Å²) in [6, 6.07) is 4.38. The van der Waals surface area contributed by atoms with Gasteiger partial charge in [-0.15, -0.1) is 0 Å². The van der Waals surface area contributed by atoms with Gasteiger partial charge in [-0.3, -0.25) is 4.98 Å². The minimum Gasteiger partial charge on any atom is -0.495 e. The Hall–Kier alpha value is -1.82. The number of rotatable bonds is 3. The van der Waals surface area contributed by atoms with Crippen molar-refractivity contribution < 1.29 is 4.74 Å². The van der Waals surface area contributed by atoms with E-state index in [1.807, 2.05) is 13.0 Å². The van der Waals surface area contributed by atoms with Crippen LogP contribution in [0.15, 0.2) is 18.8 Å². The molecule has 0 radical (unpaired) electrons. The third kappa shape index (κ3) is 1.57. The van der Waals surface area contributed by atoms with E-state index >= 15 is 0 Å². The van der Waals surface area contributed by atoms with Gasteiger partial charge in [-0.2, -0.15) is 5.26 Å². The van der Waals surface area contributed by atoms with Crippen molar-refractivity contribution in [3.05, 3.63) is 35.7 Å². The third-order valence-electron chi connectivity index (χ3n) is 3.11. The molecule has 0 aromatic carbocycles. The molecule has 2 rings (SSSR count). The second-order valence-corrected chi connectivity index (χ2v) is 4.21. The van der Waals surface area contributed by atoms with E-state index in [-0.39, 0.29) is 5.41 Å². The molecule has 0 amide bonds. The highest BCUT2D eigenvalue weighted by Gasteiger charge is 2.45. The van der Waals surface area contributed by atoms with Gasteiger partial charge in [0.2, 0.25) is 0 Å². The largest absolute Gasteiger partial charge is 0.495 e. The highest BCUT2D eigenvalue weighted by atomic mass is 16.5. The number of nitrogens with zero attached hydrogens (tertiary/aromatic N) is 2. The van der Waals surface area contributed by atoms with Gasteiger partial charge < -0.3 is 4.74 Å². The van der Waals surface area contributed by atoms with Crippen LogP contribution < -0.4 is 0 Å². The summed E-state index contributed by atoms with van der Waals surface area (Å²) in [7, 11) is 1.58. The number of nitriles is 1. The Labute approximate surface area is 95.4 Å². The lowest BCUT2D eigenvalue weighted by molar-refractivity contribution is 0.369. The van der Waals surface area contributed by atoms with E-state index in [2.05, 4.69) is 17.6 Å². The first-order valence-electron chi connectivity index (χ1n) is 5.24. The molecule has 0 N–H and O–H groups in total. The fraction of sp³-hybridized carbons (Fsp3) is 0.385. The molecule has 1 heterocycles. The average molecular weight is 214 g/mol. The molecule has 0 unspecified atom stereocenters. The minimum absolute atomic E-state index is 0.273. The molecule has 3 heteroatoms. The molecule has 1 saturated carbocycles. The van der Waals surface area contributed by atoms with E-state index in [4.69, 9.17) is 10.00 Å². The maximum absolute atomic E-state index is 9.11. The topological polar surface area (TPSA) is 45.9 Å². The maximum Gasteiger partial charge on any atom is 0.137 e. The molecule has 16 heavy (non-hydrogen) atoms. The fourth-order valence-electron chi connectivity index (χ4n) is 1.82. The quantitative estimate of drug-likeness (QED) is 0.726. The summed E-state index contributed by atoms with van der Waals surface area (Å²) in [5, 5.41) is 9.11. The van der Waals surface area contributed by atoms with Crippen LogP contribution >= 0.6 is 0 Å². The van der Waals surface area contributed by atoms with Gasteiger partial charge in [-0.05, 0) is 30.9 Å². The lowest BCUT2D eigenvalue weighted by Gasteiger charge is -2.11. The zero-order chi connectivity index (χ0) is 11.8. The van der Waals surface area contributed by atoms with Gasteiger partial charge >= 0.3 is 0 Å². The number of aromatic nitrogens is 1. The van der Waals surface area contributed by atoms with Crippen LogP contribution in [-0.4, -0.2) is 12.1 Å². The SMILES string of the molecule is C=C(OC)c1ncc(C2(C#N)CC2)cc1C.